The van der Waals surface area contributed by atoms with E-state index in [1.165, 1.54) is 11.0 Å². The van der Waals surface area contributed by atoms with Gasteiger partial charge in [0, 0.05) is 17.4 Å². The molecule has 38 heavy (non-hydrogen) atoms. The smallest absolute Gasteiger partial charge is 0.307 e. The molecule has 0 unspecified atom stereocenters. The Morgan fingerprint density at radius 1 is 0.947 bits per heavy atom. The van der Waals surface area contributed by atoms with Crippen LogP contribution in [0.3, 0.4) is 0 Å². The number of amides is 2. The maximum Gasteiger partial charge on any atom is 0.332 e. The molecule has 2 aromatic heterocycles. The molecular weight excluding hydrogens is 503 g/mol. The van der Waals surface area contributed by atoms with E-state index in [2.05, 4.69) is 10.3 Å². The number of rotatable bonds is 5. The van der Waals surface area contributed by atoms with Crippen LogP contribution in [0, 0.1) is 13.8 Å². The largest absolute Gasteiger partial charge is 0.332 e. The summed E-state index contributed by atoms with van der Waals surface area (Å²) < 4.78 is 14.8. The van der Waals surface area contributed by atoms with E-state index in [1.807, 2.05) is 61.5 Å². The van der Waals surface area contributed by atoms with Crippen molar-refractivity contribution in [1.82, 2.24) is 9.55 Å². The molecule has 0 saturated heterocycles. The first-order chi connectivity index (χ1) is 18.4. The second-order valence-corrected chi connectivity index (χ2v) is 9.27. The fourth-order valence-electron chi connectivity index (χ4n) is 4.45. The Kier molecular flexibility index (Phi) is 6.94. The number of nitrogens with zero attached hydrogens (tertiary/aromatic N) is 3. The van der Waals surface area contributed by atoms with Crippen molar-refractivity contribution < 1.29 is 9.18 Å². The van der Waals surface area contributed by atoms with Crippen LogP contribution < -0.4 is 15.6 Å². The average molecular weight is 527 g/mol. The van der Waals surface area contributed by atoms with Gasteiger partial charge < -0.3 is 5.32 Å². The van der Waals surface area contributed by atoms with Crippen LogP contribution in [0.2, 0.25) is 5.15 Å². The number of hydrogen-bond acceptors (Lipinski definition) is 3. The van der Waals surface area contributed by atoms with Crippen molar-refractivity contribution >= 4 is 45.9 Å². The number of alkyl halides is 1. The third kappa shape index (κ3) is 4.76. The van der Waals surface area contributed by atoms with Gasteiger partial charge in [-0.25, -0.2) is 19.1 Å². The molecule has 0 aliphatic rings. The number of pyridine rings is 2. The summed E-state index contributed by atoms with van der Waals surface area (Å²) in [5.41, 5.74) is 3.80. The minimum absolute atomic E-state index is 0.232. The van der Waals surface area contributed by atoms with Crippen molar-refractivity contribution in [2.24, 2.45) is 0 Å². The van der Waals surface area contributed by atoms with Crippen molar-refractivity contribution in [3.05, 3.63) is 123 Å². The van der Waals surface area contributed by atoms with Gasteiger partial charge in [-0.2, -0.15) is 0 Å². The van der Waals surface area contributed by atoms with Gasteiger partial charge in [0.15, 0.2) is 11.1 Å². The summed E-state index contributed by atoms with van der Waals surface area (Å²) >= 11 is 6.36. The van der Waals surface area contributed by atoms with Crippen LogP contribution in [-0.4, -0.2) is 15.6 Å². The number of aryl methyl sites for hydroxylation is 2. The number of hydrogen-bond donors (Lipinski definition) is 1. The lowest BCUT2D eigenvalue weighted by Gasteiger charge is -2.28. The van der Waals surface area contributed by atoms with Gasteiger partial charge in [-0.05, 0) is 66.9 Å². The topological polar surface area (TPSA) is 67.2 Å². The zero-order chi connectivity index (χ0) is 26.8. The van der Waals surface area contributed by atoms with Crippen molar-refractivity contribution in [2.75, 3.05) is 10.2 Å². The van der Waals surface area contributed by atoms with E-state index in [9.17, 15) is 14.0 Å². The third-order valence-electron chi connectivity index (χ3n) is 6.28. The van der Waals surface area contributed by atoms with Gasteiger partial charge in [0.1, 0.15) is 17.6 Å². The lowest BCUT2D eigenvalue weighted by Crippen LogP contribution is -2.34. The molecule has 0 bridgehead atoms. The zero-order valence-corrected chi connectivity index (χ0v) is 21.5. The Morgan fingerprint density at radius 2 is 1.63 bits per heavy atom. The quantitative estimate of drug-likeness (QED) is 0.241. The standard InChI is InChI=1S/C30H24ClFN4O2/c1-19-8-6-7-11-24(19)36(30(38)33-22-14-12-21(18-32)13-15-22)27-17-25(37)28-20(2)16-26(31)34-29(28)35(27)23-9-4-3-5-10-23/h3-17H,18H2,1-2H3,(H,33,38). The molecule has 8 heteroatoms. The van der Waals surface area contributed by atoms with Gasteiger partial charge in [0.05, 0.1) is 11.1 Å². The first-order valence-electron chi connectivity index (χ1n) is 12.0. The van der Waals surface area contributed by atoms with Crippen LogP contribution in [0.15, 0.2) is 95.8 Å². The summed E-state index contributed by atoms with van der Waals surface area (Å²) in [6.07, 6.45) is 0. The molecule has 0 saturated carbocycles. The first-order valence-corrected chi connectivity index (χ1v) is 12.3. The second-order valence-electron chi connectivity index (χ2n) is 8.88. The van der Waals surface area contributed by atoms with Crippen LogP contribution in [-0.2, 0) is 6.67 Å². The molecule has 190 valence electrons. The summed E-state index contributed by atoms with van der Waals surface area (Å²) in [6, 6.07) is 25.8. The number of nitrogens with one attached hydrogen (secondary N) is 1. The highest BCUT2D eigenvalue weighted by Gasteiger charge is 2.26. The molecule has 0 aliphatic heterocycles. The van der Waals surface area contributed by atoms with Gasteiger partial charge in [-0.15, -0.1) is 0 Å². The highest BCUT2D eigenvalue weighted by atomic mass is 35.5. The van der Waals surface area contributed by atoms with Gasteiger partial charge in [0.25, 0.3) is 0 Å². The Labute approximate surface area is 223 Å². The monoisotopic (exact) mass is 526 g/mol. The number of anilines is 3. The van der Waals surface area contributed by atoms with Crippen molar-refractivity contribution in [3.63, 3.8) is 0 Å². The number of urea groups is 1. The molecule has 3 aromatic carbocycles. The Balaban J connectivity index is 1.80. The van der Waals surface area contributed by atoms with Crippen LogP contribution in [0.25, 0.3) is 16.7 Å². The molecule has 5 rings (SSSR count). The fourth-order valence-corrected chi connectivity index (χ4v) is 4.69. The number of para-hydroxylation sites is 2. The molecule has 6 nitrogen and oxygen atoms in total. The Morgan fingerprint density at radius 3 is 2.32 bits per heavy atom. The summed E-state index contributed by atoms with van der Waals surface area (Å²) in [7, 11) is 0. The minimum atomic E-state index is -0.598. The molecule has 0 atom stereocenters. The fraction of sp³-hybridized carbons (Fsp3) is 0.100. The first kappa shape index (κ1) is 25.2. The number of carbonyl (C=O) groups is 1. The number of halogens is 2. The summed E-state index contributed by atoms with van der Waals surface area (Å²) in [6.45, 7) is 3.09. The van der Waals surface area contributed by atoms with E-state index in [0.717, 1.165) is 5.56 Å². The number of carbonyl (C=O) groups excluding carboxylic acids is 1. The van der Waals surface area contributed by atoms with E-state index in [4.69, 9.17) is 11.6 Å². The maximum absolute atomic E-state index is 14.0. The van der Waals surface area contributed by atoms with Crippen molar-refractivity contribution in [3.8, 4) is 5.69 Å². The molecule has 0 radical (unpaired) electrons. The molecule has 2 amide bonds. The normalized spacial score (nSPS) is 10.9. The molecule has 2 heterocycles. The van der Waals surface area contributed by atoms with E-state index < -0.39 is 12.7 Å². The van der Waals surface area contributed by atoms with Crippen LogP contribution in [0.5, 0.6) is 0 Å². The van der Waals surface area contributed by atoms with Gasteiger partial charge >= 0.3 is 6.03 Å². The van der Waals surface area contributed by atoms with Gasteiger partial charge in [-0.3, -0.25) is 9.36 Å². The molecule has 5 aromatic rings. The molecule has 0 fully saturated rings. The number of aromatic nitrogens is 2. The summed E-state index contributed by atoms with van der Waals surface area (Å²) in [5, 5.41) is 3.53. The lowest BCUT2D eigenvalue weighted by atomic mass is 10.1. The van der Waals surface area contributed by atoms with Crippen molar-refractivity contribution in [2.45, 2.75) is 20.5 Å². The predicted molar refractivity (Wildman–Crippen MR) is 151 cm³/mol. The number of fused-ring (bicyclic) bond motifs is 1. The maximum atomic E-state index is 14.0. The molecule has 0 spiro atoms. The molecular formula is C30H24ClFN4O2. The minimum Gasteiger partial charge on any atom is -0.307 e. The highest BCUT2D eigenvalue weighted by molar-refractivity contribution is 6.29. The number of benzene rings is 3. The summed E-state index contributed by atoms with van der Waals surface area (Å²) in [5.74, 6) is 0.287. The third-order valence-corrected chi connectivity index (χ3v) is 6.47. The van der Waals surface area contributed by atoms with Crippen LogP contribution >= 0.6 is 11.6 Å². The van der Waals surface area contributed by atoms with Crippen LogP contribution in [0.1, 0.15) is 16.7 Å². The van der Waals surface area contributed by atoms with E-state index in [-0.39, 0.29) is 16.4 Å². The average Bonchev–Trinajstić information content (AvgIpc) is 2.90. The Hall–Kier alpha value is -4.49. The van der Waals surface area contributed by atoms with E-state index in [1.54, 1.807) is 41.8 Å². The highest BCUT2D eigenvalue weighted by Crippen LogP contribution is 2.33. The van der Waals surface area contributed by atoms with Gasteiger partial charge in [0.2, 0.25) is 0 Å². The second kappa shape index (κ2) is 10.5. The zero-order valence-electron chi connectivity index (χ0n) is 20.8. The summed E-state index contributed by atoms with van der Waals surface area (Å²) in [4.78, 5) is 33.4. The van der Waals surface area contributed by atoms with E-state index in [0.29, 0.717) is 39.2 Å². The molecule has 1 N–H and O–H groups in total. The predicted octanol–water partition coefficient (Wildman–Crippen LogP) is 7.50. The lowest BCUT2D eigenvalue weighted by molar-refractivity contribution is 0.258. The SMILES string of the molecule is Cc1ccccc1N(C(=O)Nc1ccc(CF)cc1)c1cc(=O)c2c(C)cc(Cl)nc2n1-c1ccccc1. The Bertz CT molecular complexity index is 1700. The van der Waals surface area contributed by atoms with E-state index >= 15 is 0 Å². The molecule has 0 aliphatic carbocycles. The van der Waals surface area contributed by atoms with Crippen LogP contribution in [0.4, 0.5) is 26.4 Å². The van der Waals surface area contributed by atoms with Gasteiger partial charge in [-0.1, -0.05) is 60.1 Å². The van der Waals surface area contributed by atoms with Crippen molar-refractivity contribution in [1.29, 1.82) is 0 Å².